The van der Waals surface area contributed by atoms with Crippen LogP contribution in [0.3, 0.4) is 0 Å². The Bertz CT molecular complexity index is 1870. The third-order valence-corrected chi connectivity index (χ3v) is 7.62. The SMILES string of the molecule is COc1ccc(CCN2C(=O)C(=Cc3cn(-c4ccccc4)nc3-c3ccc(OC)c(OC)c3)C(C)=C(C#N)C2=O)cc1OC. The van der Waals surface area contributed by atoms with E-state index in [9.17, 15) is 14.9 Å². The number of methoxy groups -OCH3 is 4. The second kappa shape index (κ2) is 13.2. The number of nitrogens with zero attached hydrogens (tertiary/aromatic N) is 4. The number of ether oxygens (including phenoxy) is 4. The van der Waals surface area contributed by atoms with E-state index in [1.807, 2.05) is 60.8 Å². The minimum atomic E-state index is -0.627. The van der Waals surface area contributed by atoms with Crippen molar-refractivity contribution < 1.29 is 28.5 Å². The van der Waals surface area contributed by atoms with Crippen molar-refractivity contribution in [2.45, 2.75) is 13.3 Å². The van der Waals surface area contributed by atoms with Crippen molar-refractivity contribution in [1.29, 1.82) is 5.26 Å². The third kappa shape index (κ3) is 6.01. The molecule has 5 rings (SSSR count). The second-order valence-electron chi connectivity index (χ2n) is 10.2. The molecule has 1 aromatic heterocycles. The van der Waals surface area contributed by atoms with E-state index in [2.05, 4.69) is 0 Å². The summed E-state index contributed by atoms with van der Waals surface area (Å²) in [6, 6.07) is 22.4. The number of carbonyl (C=O) groups is 2. The summed E-state index contributed by atoms with van der Waals surface area (Å²) in [6.45, 7) is 1.68. The Hall–Kier alpha value is -5.82. The van der Waals surface area contributed by atoms with Crippen LogP contribution in [0.1, 0.15) is 18.1 Å². The van der Waals surface area contributed by atoms with E-state index < -0.39 is 11.8 Å². The lowest BCUT2D eigenvalue weighted by Crippen LogP contribution is -2.43. The van der Waals surface area contributed by atoms with Crippen molar-refractivity contribution in [3.63, 3.8) is 0 Å². The highest BCUT2D eigenvalue weighted by Crippen LogP contribution is 2.36. The zero-order valence-electron chi connectivity index (χ0n) is 25.7. The van der Waals surface area contributed by atoms with Gasteiger partial charge in [0.15, 0.2) is 23.0 Å². The zero-order chi connectivity index (χ0) is 32.1. The summed E-state index contributed by atoms with van der Waals surface area (Å²) in [5.74, 6) is 1.07. The maximum absolute atomic E-state index is 14.0. The maximum atomic E-state index is 14.0. The molecule has 1 aliphatic heterocycles. The highest BCUT2D eigenvalue weighted by atomic mass is 16.5. The molecule has 2 heterocycles. The Morgan fingerprint density at radius 3 is 2.11 bits per heavy atom. The molecule has 10 nitrogen and oxygen atoms in total. The molecule has 0 unspecified atom stereocenters. The molecular weight excluding hydrogens is 572 g/mol. The van der Waals surface area contributed by atoms with Gasteiger partial charge in [0.1, 0.15) is 17.3 Å². The van der Waals surface area contributed by atoms with Gasteiger partial charge in [-0.1, -0.05) is 24.3 Å². The number of para-hydroxylation sites is 1. The van der Waals surface area contributed by atoms with Crippen molar-refractivity contribution >= 4 is 17.9 Å². The van der Waals surface area contributed by atoms with Crippen LogP contribution in [-0.2, 0) is 16.0 Å². The van der Waals surface area contributed by atoms with E-state index in [-0.39, 0.29) is 17.7 Å². The Balaban J connectivity index is 1.58. The van der Waals surface area contributed by atoms with E-state index in [1.165, 1.54) is 0 Å². The fourth-order valence-corrected chi connectivity index (χ4v) is 5.18. The smallest absolute Gasteiger partial charge is 0.271 e. The van der Waals surface area contributed by atoms with E-state index in [1.54, 1.807) is 64.3 Å². The third-order valence-electron chi connectivity index (χ3n) is 7.62. The average molecular weight is 605 g/mol. The van der Waals surface area contributed by atoms with Crippen molar-refractivity contribution in [3.8, 4) is 46.0 Å². The first-order valence-electron chi connectivity index (χ1n) is 14.1. The molecule has 0 fully saturated rings. The van der Waals surface area contributed by atoms with Gasteiger partial charge in [0, 0.05) is 29.4 Å². The van der Waals surface area contributed by atoms with Gasteiger partial charge < -0.3 is 18.9 Å². The molecule has 1 aliphatic rings. The fraction of sp³-hybridized carbons (Fsp3) is 0.200. The molecule has 2 amide bonds. The minimum Gasteiger partial charge on any atom is -0.493 e. The number of benzene rings is 3. The van der Waals surface area contributed by atoms with Gasteiger partial charge in [-0.05, 0) is 73.0 Å². The standard InChI is InChI=1S/C35H32N4O6/c1-22-27(34(40)38(35(41)28(22)20-36)16-15-23-11-13-29(42-2)31(17-23)44-4)18-25-21-39(26-9-7-6-8-10-26)37-33(25)24-12-14-30(43-3)32(19-24)45-5/h6-14,17-19,21H,15-16H2,1-5H3. The Kier molecular flexibility index (Phi) is 9.00. The molecule has 0 spiro atoms. The first-order valence-corrected chi connectivity index (χ1v) is 14.1. The van der Waals surface area contributed by atoms with Crippen LogP contribution >= 0.6 is 0 Å². The number of rotatable bonds is 10. The van der Waals surface area contributed by atoms with E-state index >= 15 is 0 Å². The fourth-order valence-electron chi connectivity index (χ4n) is 5.18. The Morgan fingerprint density at radius 1 is 0.822 bits per heavy atom. The van der Waals surface area contributed by atoms with Crippen molar-refractivity contribution in [2.24, 2.45) is 0 Å². The largest absolute Gasteiger partial charge is 0.493 e. The van der Waals surface area contributed by atoms with Crippen LogP contribution in [0.15, 0.2) is 89.6 Å². The van der Waals surface area contributed by atoms with Crippen LogP contribution < -0.4 is 18.9 Å². The summed E-state index contributed by atoms with van der Waals surface area (Å²) < 4.78 is 23.4. The monoisotopic (exact) mass is 604 g/mol. The van der Waals surface area contributed by atoms with Crippen LogP contribution in [-0.4, -0.2) is 61.5 Å². The van der Waals surface area contributed by atoms with Crippen LogP contribution in [0.5, 0.6) is 23.0 Å². The van der Waals surface area contributed by atoms with E-state index in [4.69, 9.17) is 24.0 Å². The summed E-state index contributed by atoms with van der Waals surface area (Å²) in [6.07, 6.45) is 3.85. The molecule has 0 bridgehead atoms. The van der Waals surface area contributed by atoms with Gasteiger partial charge >= 0.3 is 0 Å². The van der Waals surface area contributed by atoms with Gasteiger partial charge in [-0.25, -0.2) is 4.68 Å². The normalized spacial score (nSPS) is 14.0. The lowest BCUT2D eigenvalue weighted by molar-refractivity contribution is -0.140. The first-order chi connectivity index (χ1) is 21.8. The first kappa shape index (κ1) is 30.6. The van der Waals surface area contributed by atoms with Gasteiger partial charge in [-0.15, -0.1) is 0 Å². The topological polar surface area (TPSA) is 116 Å². The van der Waals surface area contributed by atoms with Crippen LogP contribution in [0.4, 0.5) is 0 Å². The Morgan fingerprint density at radius 2 is 1.47 bits per heavy atom. The van der Waals surface area contributed by atoms with E-state index in [0.29, 0.717) is 46.2 Å². The van der Waals surface area contributed by atoms with Crippen LogP contribution in [0.25, 0.3) is 23.0 Å². The lowest BCUT2D eigenvalue weighted by Gasteiger charge is -2.27. The van der Waals surface area contributed by atoms with Gasteiger partial charge in [-0.3, -0.25) is 14.5 Å². The zero-order valence-corrected chi connectivity index (χ0v) is 25.7. The van der Waals surface area contributed by atoms with Crippen LogP contribution in [0, 0.1) is 11.3 Å². The molecule has 0 atom stereocenters. The van der Waals surface area contributed by atoms with Crippen molar-refractivity contribution in [1.82, 2.24) is 14.7 Å². The summed E-state index contributed by atoms with van der Waals surface area (Å²) in [4.78, 5) is 28.4. The second-order valence-corrected chi connectivity index (χ2v) is 10.2. The van der Waals surface area contributed by atoms with Gasteiger partial charge in [0.05, 0.1) is 34.1 Å². The highest BCUT2D eigenvalue weighted by Gasteiger charge is 2.35. The summed E-state index contributed by atoms with van der Waals surface area (Å²) in [7, 11) is 6.21. The number of hydrogen-bond donors (Lipinski definition) is 0. The molecule has 0 N–H and O–H groups in total. The van der Waals surface area contributed by atoms with Crippen molar-refractivity contribution in [3.05, 3.63) is 101 Å². The van der Waals surface area contributed by atoms with Crippen LogP contribution in [0.2, 0.25) is 0 Å². The van der Waals surface area contributed by atoms with Gasteiger partial charge in [0.25, 0.3) is 11.8 Å². The number of hydrogen-bond acceptors (Lipinski definition) is 8. The molecule has 4 aromatic rings. The number of imide groups is 1. The molecule has 0 aliphatic carbocycles. The number of carbonyl (C=O) groups excluding carboxylic acids is 2. The molecule has 0 saturated heterocycles. The number of nitriles is 1. The average Bonchev–Trinajstić information content (AvgIpc) is 3.50. The molecule has 3 aromatic carbocycles. The van der Waals surface area contributed by atoms with Crippen molar-refractivity contribution in [2.75, 3.05) is 35.0 Å². The van der Waals surface area contributed by atoms with E-state index in [0.717, 1.165) is 21.7 Å². The summed E-state index contributed by atoms with van der Waals surface area (Å²) in [5.41, 5.74) is 4.00. The maximum Gasteiger partial charge on any atom is 0.271 e. The molecule has 10 heteroatoms. The predicted molar refractivity (Wildman–Crippen MR) is 168 cm³/mol. The quantitative estimate of drug-likeness (QED) is 0.174. The van der Waals surface area contributed by atoms with Gasteiger partial charge in [-0.2, -0.15) is 10.4 Å². The lowest BCUT2D eigenvalue weighted by atomic mass is 9.93. The molecule has 228 valence electrons. The predicted octanol–water partition coefficient (Wildman–Crippen LogP) is 5.41. The minimum absolute atomic E-state index is 0.0642. The molecule has 0 saturated carbocycles. The summed E-state index contributed by atoms with van der Waals surface area (Å²) in [5, 5.41) is 14.8. The molecular formula is C35H32N4O6. The molecule has 45 heavy (non-hydrogen) atoms. The van der Waals surface area contributed by atoms with Gasteiger partial charge in [0.2, 0.25) is 0 Å². The molecule has 0 radical (unpaired) electrons. The number of amides is 2. The Labute approximate surface area is 261 Å². The summed E-state index contributed by atoms with van der Waals surface area (Å²) >= 11 is 0. The highest BCUT2D eigenvalue weighted by molar-refractivity contribution is 6.19. The number of aromatic nitrogens is 2.